The minimum Gasteiger partial charge on any atom is -0.323 e. The Kier molecular flexibility index (Phi) is 4.26. The van der Waals surface area contributed by atoms with E-state index < -0.39 is 0 Å². The highest BCUT2D eigenvalue weighted by atomic mass is 35.5. The summed E-state index contributed by atoms with van der Waals surface area (Å²) in [6.45, 7) is 1.70. The van der Waals surface area contributed by atoms with Gasteiger partial charge in [-0.05, 0) is 31.5 Å². The maximum atomic E-state index is 12.0. The van der Waals surface area contributed by atoms with Gasteiger partial charge in [0.1, 0.15) is 0 Å². The van der Waals surface area contributed by atoms with Crippen molar-refractivity contribution < 1.29 is 4.79 Å². The summed E-state index contributed by atoms with van der Waals surface area (Å²) in [4.78, 5) is 12.0. The van der Waals surface area contributed by atoms with E-state index in [-0.39, 0.29) is 11.8 Å². The molecule has 17 heavy (non-hydrogen) atoms. The number of anilines is 1. The summed E-state index contributed by atoms with van der Waals surface area (Å²) in [5.41, 5.74) is 0.506. The molecule has 0 unspecified atom stereocenters. The van der Waals surface area contributed by atoms with Gasteiger partial charge in [0.05, 0.1) is 21.7 Å². The van der Waals surface area contributed by atoms with E-state index in [9.17, 15) is 4.79 Å². The molecule has 0 aromatic heterocycles. The van der Waals surface area contributed by atoms with Gasteiger partial charge in [-0.25, -0.2) is 0 Å². The fourth-order valence-corrected chi connectivity index (χ4v) is 2.41. The summed E-state index contributed by atoms with van der Waals surface area (Å²) in [5.74, 6) is -0.0247. The number of carbonyl (C=O) groups is 1. The van der Waals surface area contributed by atoms with Crippen molar-refractivity contribution in [3.63, 3.8) is 0 Å². The zero-order valence-electron chi connectivity index (χ0n) is 9.30. The lowest BCUT2D eigenvalue weighted by Gasteiger charge is -2.22. The number of nitrogens with one attached hydrogen (secondary N) is 2. The van der Waals surface area contributed by atoms with E-state index in [2.05, 4.69) is 10.6 Å². The number of piperidine rings is 1. The molecule has 1 amide bonds. The van der Waals surface area contributed by atoms with Gasteiger partial charge in [-0.1, -0.05) is 29.3 Å². The molecular formula is C12H14Cl2N2O. The van der Waals surface area contributed by atoms with Gasteiger partial charge in [0.25, 0.3) is 0 Å². The Hall–Kier alpha value is -0.770. The molecule has 5 heteroatoms. The number of hydrogen-bond acceptors (Lipinski definition) is 2. The van der Waals surface area contributed by atoms with Gasteiger partial charge in [0.15, 0.2) is 0 Å². The smallest absolute Gasteiger partial charge is 0.228 e. The average Bonchev–Trinajstić information content (AvgIpc) is 2.35. The van der Waals surface area contributed by atoms with Crippen LogP contribution in [0.3, 0.4) is 0 Å². The quantitative estimate of drug-likeness (QED) is 0.869. The van der Waals surface area contributed by atoms with Crippen LogP contribution in [-0.4, -0.2) is 19.0 Å². The molecule has 2 N–H and O–H groups in total. The number of amides is 1. The fraction of sp³-hybridized carbons (Fsp3) is 0.417. The normalized spacial score (nSPS) is 20.0. The molecule has 1 fully saturated rings. The van der Waals surface area contributed by atoms with Gasteiger partial charge in [0, 0.05) is 6.54 Å². The van der Waals surface area contributed by atoms with E-state index in [4.69, 9.17) is 23.2 Å². The van der Waals surface area contributed by atoms with Crippen molar-refractivity contribution in [2.75, 3.05) is 18.4 Å². The van der Waals surface area contributed by atoms with Gasteiger partial charge >= 0.3 is 0 Å². The highest BCUT2D eigenvalue weighted by Crippen LogP contribution is 2.30. The van der Waals surface area contributed by atoms with Crippen LogP contribution in [0.1, 0.15) is 12.8 Å². The fourth-order valence-electron chi connectivity index (χ4n) is 1.92. The zero-order valence-corrected chi connectivity index (χ0v) is 10.8. The molecule has 1 saturated heterocycles. The van der Waals surface area contributed by atoms with E-state index >= 15 is 0 Å². The Bertz CT molecular complexity index is 397. The minimum absolute atomic E-state index is 0.00362. The molecule has 0 radical (unpaired) electrons. The molecule has 0 aliphatic carbocycles. The predicted octanol–water partition coefficient (Wildman–Crippen LogP) is 2.93. The third kappa shape index (κ3) is 3.12. The van der Waals surface area contributed by atoms with Crippen molar-refractivity contribution >= 4 is 34.8 Å². The van der Waals surface area contributed by atoms with Gasteiger partial charge in [-0.15, -0.1) is 0 Å². The average molecular weight is 273 g/mol. The van der Waals surface area contributed by atoms with Crippen LogP contribution >= 0.6 is 23.2 Å². The molecule has 0 bridgehead atoms. The minimum atomic E-state index is -0.0211. The molecule has 1 aliphatic rings. The number of halogens is 2. The van der Waals surface area contributed by atoms with Gasteiger partial charge in [-0.3, -0.25) is 4.79 Å². The molecule has 1 atom stereocenters. The van der Waals surface area contributed by atoms with Crippen LogP contribution in [0.25, 0.3) is 0 Å². The predicted molar refractivity (Wildman–Crippen MR) is 70.7 cm³/mol. The maximum Gasteiger partial charge on any atom is 0.228 e. The van der Waals surface area contributed by atoms with Crippen LogP contribution in [0.5, 0.6) is 0 Å². The first kappa shape index (κ1) is 12.7. The second-order valence-electron chi connectivity index (χ2n) is 4.13. The zero-order chi connectivity index (χ0) is 12.3. The van der Waals surface area contributed by atoms with Crippen LogP contribution in [-0.2, 0) is 4.79 Å². The summed E-state index contributed by atoms with van der Waals surface area (Å²) < 4.78 is 0. The highest BCUT2D eigenvalue weighted by Gasteiger charge is 2.22. The Morgan fingerprint density at radius 2 is 2.06 bits per heavy atom. The van der Waals surface area contributed by atoms with Crippen LogP contribution in [0, 0.1) is 5.92 Å². The third-order valence-corrected chi connectivity index (χ3v) is 3.51. The van der Waals surface area contributed by atoms with Crippen LogP contribution < -0.4 is 10.6 Å². The first-order valence-corrected chi connectivity index (χ1v) is 6.39. The SMILES string of the molecule is O=C(Nc1c(Cl)cccc1Cl)[C@@H]1CCCNC1. The molecule has 3 nitrogen and oxygen atoms in total. The second-order valence-corrected chi connectivity index (χ2v) is 4.94. The maximum absolute atomic E-state index is 12.0. The molecule has 1 aliphatic heterocycles. The second kappa shape index (κ2) is 5.71. The summed E-state index contributed by atoms with van der Waals surface area (Å²) in [5, 5.41) is 6.94. The standard InChI is InChI=1S/C12H14Cl2N2O/c13-9-4-1-5-10(14)11(9)16-12(17)8-3-2-6-15-7-8/h1,4-5,8,15H,2-3,6-7H2,(H,16,17)/t8-/m1/s1. The summed E-state index contributed by atoms with van der Waals surface area (Å²) in [6, 6.07) is 5.17. The number of benzene rings is 1. The van der Waals surface area contributed by atoms with E-state index in [1.807, 2.05) is 0 Å². The van der Waals surface area contributed by atoms with Gasteiger partial charge < -0.3 is 10.6 Å². The molecule has 1 aromatic rings. The number of rotatable bonds is 2. The van der Waals surface area contributed by atoms with Crippen molar-refractivity contribution in [2.24, 2.45) is 5.92 Å². The first-order valence-electron chi connectivity index (χ1n) is 5.64. The number of hydrogen-bond donors (Lipinski definition) is 2. The lowest BCUT2D eigenvalue weighted by molar-refractivity contribution is -0.120. The Balaban J connectivity index is 2.07. The molecule has 0 saturated carbocycles. The molecule has 1 heterocycles. The summed E-state index contributed by atoms with van der Waals surface area (Å²) in [7, 11) is 0. The largest absolute Gasteiger partial charge is 0.323 e. The molecule has 92 valence electrons. The Morgan fingerprint density at radius 1 is 1.35 bits per heavy atom. The van der Waals surface area contributed by atoms with E-state index in [1.54, 1.807) is 18.2 Å². The lowest BCUT2D eigenvalue weighted by atomic mass is 9.99. The van der Waals surface area contributed by atoms with Crippen molar-refractivity contribution in [1.82, 2.24) is 5.32 Å². The lowest BCUT2D eigenvalue weighted by Crippen LogP contribution is -2.37. The Morgan fingerprint density at radius 3 is 2.65 bits per heavy atom. The number of para-hydroxylation sites is 1. The van der Waals surface area contributed by atoms with Crippen molar-refractivity contribution in [3.8, 4) is 0 Å². The molecule has 2 rings (SSSR count). The van der Waals surface area contributed by atoms with Gasteiger partial charge in [0.2, 0.25) is 5.91 Å². The van der Waals surface area contributed by atoms with E-state index in [0.29, 0.717) is 22.3 Å². The van der Waals surface area contributed by atoms with Crippen molar-refractivity contribution in [2.45, 2.75) is 12.8 Å². The molecule has 1 aromatic carbocycles. The monoisotopic (exact) mass is 272 g/mol. The van der Waals surface area contributed by atoms with Crippen LogP contribution in [0.4, 0.5) is 5.69 Å². The van der Waals surface area contributed by atoms with E-state index in [0.717, 1.165) is 19.4 Å². The molecular weight excluding hydrogens is 259 g/mol. The molecule has 0 spiro atoms. The van der Waals surface area contributed by atoms with Gasteiger partial charge in [-0.2, -0.15) is 0 Å². The first-order chi connectivity index (χ1) is 8.18. The van der Waals surface area contributed by atoms with Crippen molar-refractivity contribution in [3.05, 3.63) is 28.2 Å². The van der Waals surface area contributed by atoms with Crippen molar-refractivity contribution in [1.29, 1.82) is 0 Å². The number of carbonyl (C=O) groups excluding carboxylic acids is 1. The summed E-state index contributed by atoms with van der Waals surface area (Å²) >= 11 is 12.0. The van der Waals surface area contributed by atoms with E-state index in [1.165, 1.54) is 0 Å². The van der Waals surface area contributed by atoms with Crippen LogP contribution in [0.2, 0.25) is 10.0 Å². The topological polar surface area (TPSA) is 41.1 Å². The highest BCUT2D eigenvalue weighted by molar-refractivity contribution is 6.39. The van der Waals surface area contributed by atoms with Crippen LogP contribution in [0.15, 0.2) is 18.2 Å². The third-order valence-electron chi connectivity index (χ3n) is 2.88. The summed E-state index contributed by atoms with van der Waals surface area (Å²) in [6.07, 6.45) is 1.93. The Labute approximate surface area is 110 Å².